The minimum atomic E-state index is 0. The van der Waals surface area contributed by atoms with Crippen molar-refractivity contribution in [3.63, 3.8) is 0 Å². The molecule has 0 spiro atoms. The summed E-state index contributed by atoms with van der Waals surface area (Å²) in [5.74, 6) is 1.07. The van der Waals surface area contributed by atoms with Crippen LogP contribution in [0.25, 0.3) is 0 Å². The normalized spacial score (nSPS) is 14.7. The second-order valence-corrected chi connectivity index (χ2v) is 9.23. The summed E-state index contributed by atoms with van der Waals surface area (Å²) in [5, 5.41) is 23.5. The average Bonchev–Trinajstić information content (AvgIpc) is 2.84. The smallest absolute Gasteiger partial charge is 0.160 e. The van der Waals surface area contributed by atoms with Crippen molar-refractivity contribution >= 4 is 24.8 Å². The summed E-state index contributed by atoms with van der Waals surface area (Å²) in [4.78, 5) is 2.65. The molecule has 0 fully saturated rings. The van der Waals surface area contributed by atoms with Crippen molar-refractivity contribution in [2.24, 2.45) is 0 Å². The third-order valence-electron chi connectivity index (χ3n) is 6.88. The molecule has 0 radical (unpaired) electrons. The predicted octanol–water partition coefficient (Wildman–Crippen LogP) is 5.91. The Morgan fingerprint density at radius 1 is 0.971 bits per heavy atom. The lowest BCUT2D eigenvalue weighted by atomic mass is 9.86. The molecule has 0 bridgehead atoms. The number of para-hydroxylation sites is 1. The minimum Gasteiger partial charge on any atom is -0.504 e. The van der Waals surface area contributed by atoms with Crippen LogP contribution in [0.5, 0.6) is 17.2 Å². The molecule has 0 saturated heterocycles. The van der Waals surface area contributed by atoms with Gasteiger partial charge in [0.25, 0.3) is 0 Å². The first-order valence-corrected chi connectivity index (χ1v) is 12.7. The summed E-state index contributed by atoms with van der Waals surface area (Å²) in [6.45, 7) is 6.60. The van der Waals surface area contributed by atoms with E-state index in [1.165, 1.54) is 43.2 Å². The first-order chi connectivity index (χ1) is 16.1. The van der Waals surface area contributed by atoms with Crippen LogP contribution in [-0.2, 0) is 19.3 Å². The standard InChI is InChI=1S/C28H42N2O3.2ClH/c1-3-19-30(24-13-14-25-23(21-24)12-15-26(31)28(25)32)20-9-5-4-8-17-29-18-16-22-10-6-7-11-27(22)33-2;;/h6-7,10-12,15,24,29,31-32H,3-5,8-9,13-14,16-21H2,1-2H3;2*1H. The molecular formula is C28H44Cl2N2O3. The Bertz CT molecular complexity index is 866. The zero-order valence-electron chi connectivity index (χ0n) is 21.3. The highest BCUT2D eigenvalue weighted by Gasteiger charge is 2.26. The zero-order valence-corrected chi connectivity index (χ0v) is 22.9. The number of benzene rings is 2. The van der Waals surface area contributed by atoms with Gasteiger partial charge in [-0.05, 0) is 94.4 Å². The monoisotopic (exact) mass is 526 g/mol. The number of nitrogens with one attached hydrogen (secondary N) is 1. The van der Waals surface area contributed by atoms with Crippen molar-refractivity contribution in [2.45, 2.75) is 70.8 Å². The number of hydrogen-bond donors (Lipinski definition) is 3. The van der Waals surface area contributed by atoms with Gasteiger partial charge >= 0.3 is 0 Å². The number of unbranched alkanes of at least 4 members (excludes halogenated alkanes) is 3. The number of fused-ring (bicyclic) bond motifs is 1. The van der Waals surface area contributed by atoms with Crippen molar-refractivity contribution in [1.29, 1.82) is 0 Å². The Hall–Kier alpha value is -1.66. The third-order valence-corrected chi connectivity index (χ3v) is 6.88. The van der Waals surface area contributed by atoms with E-state index in [4.69, 9.17) is 4.74 Å². The number of halogens is 2. The molecule has 0 saturated carbocycles. The number of phenols is 2. The lowest BCUT2D eigenvalue weighted by Gasteiger charge is -2.35. The number of hydrogen-bond acceptors (Lipinski definition) is 5. The summed E-state index contributed by atoms with van der Waals surface area (Å²) in [7, 11) is 1.73. The Kier molecular flexibility index (Phi) is 15.2. The molecule has 0 aliphatic heterocycles. The zero-order chi connectivity index (χ0) is 23.5. The Morgan fingerprint density at radius 2 is 1.74 bits per heavy atom. The maximum Gasteiger partial charge on any atom is 0.160 e. The van der Waals surface area contributed by atoms with Crippen LogP contribution >= 0.6 is 24.8 Å². The van der Waals surface area contributed by atoms with E-state index in [2.05, 4.69) is 29.3 Å². The molecule has 1 unspecified atom stereocenters. The van der Waals surface area contributed by atoms with Gasteiger partial charge in [0.2, 0.25) is 0 Å². The van der Waals surface area contributed by atoms with Gasteiger partial charge in [0.05, 0.1) is 7.11 Å². The van der Waals surface area contributed by atoms with Crippen LogP contribution < -0.4 is 10.1 Å². The molecule has 1 aliphatic carbocycles. The van der Waals surface area contributed by atoms with Crippen molar-refractivity contribution in [2.75, 3.05) is 33.3 Å². The number of rotatable bonds is 14. The fraction of sp³-hybridized carbons (Fsp3) is 0.571. The highest BCUT2D eigenvalue weighted by molar-refractivity contribution is 5.85. The Balaban J connectivity index is 0.00000306. The van der Waals surface area contributed by atoms with Gasteiger partial charge in [-0.1, -0.05) is 44.0 Å². The summed E-state index contributed by atoms with van der Waals surface area (Å²) in [6.07, 6.45) is 10.0. The van der Waals surface area contributed by atoms with E-state index >= 15 is 0 Å². The predicted molar refractivity (Wildman–Crippen MR) is 150 cm³/mol. The number of ether oxygens (including phenoxy) is 1. The van der Waals surface area contributed by atoms with Gasteiger partial charge in [-0.2, -0.15) is 0 Å². The van der Waals surface area contributed by atoms with Crippen LogP contribution in [0.15, 0.2) is 36.4 Å². The summed E-state index contributed by atoms with van der Waals surface area (Å²) in [5.41, 5.74) is 3.41. The van der Waals surface area contributed by atoms with E-state index in [-0.39, 0.29) is 36.3 Å². The number of aromatic hydroxyl groups is 2. The van der Waals surface area contributed by atoms with Gasteiger partial charge in [-0.15, -0.1) is 24.8 Å². The molecule has 0 aromatic heterocycles. The van der Waals surface area contributed by atoms with Crippen molar-refractivity contribution in [3.8, 4) is 17.2 Å². The van der Waals surface area contributed by atoms with Gasteiger partial charge in [0.15, 0.2) is 11.5 Å². The SMILES string of the molecule is CCCN(CCCCCCNCCc1ccccc1OC)C1CCc2c(ccc(O)c2O)C1.Cl.Cl. The first-order valence-electron chi connectivity index (χ1n) is 12.7. The topological polar surface area (TPSA) is 65.0 Å². The van der Waals surface area contributed by atoms with Crippen LogP contribution in [-0.4, -0.2) is 54.4 Å². The Morgan fingerprint density at radius 3 is 2.51 bits per heavy atom. The maximum atomic E-state index is 10.2. The van der Waals surface area contributed by atoms with E-state index in [9.17, 15) is 10.2 Å². The van der Waals surface area contributed by atoms with Crippen molar-refractivity contribution < 1.29 is 14.9 Å². The molecule has 1 atom stereocenters. The van der Waals surface area contributed by atoms with Gasteiger partial charge in [-0.3, -0.25) is 0 Å². The largest absolute Gasteiger partial charge is 0.504 e. The number of nitrogens with zero attached hydrogens (tertiary/aromatic N) is 1. The number of phenolic OH excluding ortho intramolecular Hbond substituents is 2. The average molecular weight is 528 g/mol. The summed E-state index contributed by atoms with van der Waals surface area (Å²) >= 11 is 0. The molecule has 2 aromatic rings. The summed E-state index contributed by atoms with van der Waals surface area (Å²) < 4.78 is 5.42. The molecule has 7 heteroatoms. The Labute approximate surface area is 224 Å². The van der Waals surface area contributed by atoms with E-state index in [1.807, 2.05) is 18.2 Å². The molecule has 5 nitrogen and oxygen atoms in total. The molecule has 3 N–H and O–H groups in total. The lowest BCUT2D eigenvalue weighted by Crippen LogP contribution is -2.40. The van der Waals surface area contributed by atoms with E-state index in [1.54, 1.807) is 13.2 Å². The maximum absolute atomic E-state index is 10.2. The minimum absolute atomic E-state index is 0. The second-order valence-electron chi connectivity index (χ2n) is 9.23. The van der Waals surface area contributed by atoms with Crippen LogP contribution in [0.3, 0.4) is 0 Å². The molecule has 0 amide bonds. The highest BCUT2D eigenvalue weighted by Crippen LogP contribution is 2.36. The molecule has 0 heterocycles. The molecule has 198 valence electrons. The van der Waals surface area contributed by atoms with E-state index < -0.39 is 0 Å². The van der Waals surface area contributed by atoms with E-state index in [0.717, 1.165) is 63.2 Å². The molecule has 2 aromatic carbocycles. The van der Waals surface area contributed by atoms with Crippen LogP contribution in [0.1, 0.15) is 62.1 Å². The van der Waals surface area contributed by atoms with Crippen molar-refractivity contribution in [1.82, 2.24) is 10.2 Å². The summed E-state index contributed by atoms with van der Waals surface area (Å²) in [6, 6.07) is 12.4. The van der Waals surface area contributed by atoms with Crippen LogP contribution in [0, 0.1) is 0 Å². The highest BCUT2D eigenvalue weighted by atomic mass is 35.5. The van der Waals surface area contributed by atoms with Crippen LogP contribution in [0.2, 0.25) is 0 Å². The fourth-order valence-corrected chi connectivity index (χ4v) is 5.05. The molecular weight excluding hydrogens is 483 g/mol. The molecule has 35 heavy (non-hydrogen) atoms. The van der Waals surface area contributed by atoms with Gasteiger partial charge in [0.1, 0.15) is 5.75 Å². The van der Waals surface area contributed by atoms with E-state index in [0.29, 0.717) is 6.04 Å². The van der Waals surface area contributed by atoms with Crippen LogP contribution in [0.4, 0.5) is 0 Å². The third kappa shape index (κ3) is 9.38. The fourth-order valence-electron chi connectivity index (χ4n) is 5.05. The van der Waals surface area contributed by atoms with Gasteiger partial charge < -0.3 is 25.2 Å². The quantitative estimate of drug-likeness (QED) is 0.211. The van der Waals surface area contributed by atoms with Gasteiger partial charge in [0, 0.05) is 11.6 Å². The molecule has 3 rings (SSSR count). The number of methoxy groups -OCH3 is 1. The second kappa shape index (κ2) is 16.9. The van der Waals surface area contributed by atoms with Gasteiger partial charge in [-0.25, -0.2) is 0 Å². The lowest BCUT2D eigenvalue weighted by molar-refractivity contribution is 0.175. The van der Waals surface area contributed by atoms with Crippen molar-refractivity contribution in [3.05, 3.63) is 53.1 Å². The molecule has 1 aliphatic rings. The first kappa shape index (κ1) is 31.4.